The molecule has 2 rings (SSSR count). The minimum Gasteiger partial charge on any atom is -0.241 e. The summed E-state index contributed by atoms with van der Waals surface area (Å²) in [5.41, 5.74) is 2.51. The standard InChI is InChI=1S/C11H13NS/c1-2-10-8-13-11(12-10)9-6-4-3-5-7-9/h4,6-8H,2-3,5H2,1H3. The van der Waals surface area contributed by atoms with E-state index >= 15 is 0 Å². The second-order valence-corrected chi connectivity index (χ2v) is 3.99. The largest absolute Gasteiger partial charge is 0.241 e. The van der Waals surface area contributed by atoms with Gasteiger partial charge in [-0.25, -0.2) is 4.98 Å². The van der Waals surface area contributed by atoms with Crippen molar-refractivity contribution in [2.45, 2.75) is 26.2 Å². The molecule has 0 N–H and O–H groups in total. The van der Waals surface area contributed by atoms with Gasteiger partial charge in [-0.1, -0.05) is 25.2 Å². The van der Waals surface area contributed by atoms with Crippen LogP contribution in [0, 0.1) is 0 Å². The van der Waals surface area contributed by atoms with Gasteiger partial charge in [-0.3, -0.25) is 0 Å². The summed E-state index contributed by atoms with van der Waals surface area (Å²) in [5, 5.41) is 3.33. The third kappa shape index (κ3) is 1.89. The molecular weight excluding hydrogens is 178 g/mol. The fraction of sp³-hybridized carbons (Fsp3) is 0.364. The van der Waals surface area contributed by atoms with E-state index in [4.69, 9.17) is 0 Å². The number of rotatable bonds is 2. The van der Waals surface area contributed by atoms with Crippen LogP contribution in [0.3, 0.4) is 0 Å². The Morgan fingerprint density at radius 3 is 3.00 bits per heavy atom. The summed E-state index contributed by atoms with van der Waals surface area (Å²) in [7, 11) is 0. The molecule has 1 aliphatic rings. The molecule has 13 heavy (non-hydrogen) atoms. The van der Waals surface area contributed by atoms with Gasteiger partial charge >= 0.3 is 0 Å². The zero-order valence-corrected chi connectivity index (χ0v) is 8.60. The van der Waals surface area contributed by atoms with Gasteiger partial charge in [-0.2, -0.15) is 0 Å². The Kier molecular flexibility index (Phi) is 2.60. The maximum absolute atomic E-state index is 4.55. The Hall–Kier alpha value is -0.890. The SMILES string of the molecule is CCc1csc(C2=CCCC=C2)n1. The van der Waals surface area contributed by atoms with Gasteiger partial charge in [0.25, 0.3) is 0 Å². The maximum Gasteiger partial charge on any atom is 0.123 e. The second-order valence-electron chi connectivity index (χ2n) is 3.14. The monoisotopic (exact) mass is 191 g/mol. The number of hydrogen-bond acceptors (Lipinski definition) is 2. The Morgan fingerprint density at radius 1 is 1.46 bits per heavy atom. The van der Waals surface area contributed by atoms with E-state index in [-0.39, 0.29) is 0 Å². The van der Waals surface area contributed by atoms with Gasteiger partial charge in [0.05, 0.1) is 5.69 Å². The van der Waals surface area contributed by atoms with E-state index in [1.54, 1.807) is 11.3 Å². The summed E-state index contributed by atoms with van der Waals surface area (Å²) in [6.45, 7) is 2.14. The van der Waals surface area contributed by atoms with E-state index in [9.17, 15) is 0 Å². The van der Waals surface area contributed by atoms with Crippen molar-refractivity contribution < 1.29 is 0 Å². The van der Waals surface area contributed by atoms with Crippen LogP contribution in [0.4, 0.5) is 0 Å². The molecule has 1 aliphatic carbocycles. The maximum atomic E-state index is 4.55. The summed E-state index contributed by atoms with van der Waals surface area (Å²) in [5.74, 6) is 0. The van der Waals surface area contributed by atoms with Crippen LogP contribution >= 0.6 is 11.3 Å². The molecule has 0 unspecified atom stereocenters. The van der Waals surface area contributed by atoms with Crippen molar-refractivity contribution in [3.05, 3.63) is 34.3 Å². The summed E-state index contributed by atoms with van der Waals surface area (Å²) in [6, 6.07) is 0. The first-order valence-electron chi connectivity index (χ1n) is 4.71. The molecule has 0 atom stereocenters. The molecular formula is C11H13NS. The van der Waals surface area contributed by atoms with Gasteiger partial charge in [0.15, 0.2) is 0 Å². The predicted octanol–water partition coefficient (Wildman–Crippen LogP) is 3.44. The number of allylic oxidation sites excluding steroid dienone is 4. The highest BCUT2D eigenvalue weighted by atomic mass is 32.1. The molecule has 0 fully saturated rings. The van der Waals surface area contributed by atoms with E-state index in [1.807, 2.05) is 0 Å². The average molecular weight is 191 g/mol. The summed E-state index contributed by atoms with van der Waals surface area (Å²) >= 11 is 1.75. The molecule has 0 saturated carbocycles. The Bertz CT molecular complexity index is 347. The van der Waals surface area contributed by atoms with Crippen LogP contribution in [0.25, 0.3) is 5.57 Å². The molecule has 1 nitrogen and oxygen atoms in total. The van der Waals surface area contributed by atoms with Crippen LogP contribution in [0.1, 0.15) is 30.5 Å². The van der Waals surface area contributed by atoms with Crippen LogP contribution in [-0.4, -0.2) is 4.98 Å². The molecule has 0 spiro atoms. The first-order valence-corrected chi connectivity index (χ1v) is 5.59. The molecule has 0 bridgehead atoms. The van der Waals surface area contributed by atoms with Gasteiger partial charge in [0.2, 0.25) is 0 Å². The molecule has 0 radical (unpaired) electrons. The van der Waals surface area contributed by atoms with E-state index in [0.717, 1.165) is 12.8 Å². The Labute approximate surface area is 82.8 Å². The van der Waals surface area contributed by atoms with Gasteiger partial charge in [0.1, 0.15) is 5.01 Å². The molecule has 1 aromatic rings. The van der Waals surface area contributed by atoms with E-state index in [2.05, 4.69) is 35.5 Å². The zero-order chi connectivity index (χ0) is 9.10. The number of hydrogen-bond donors (Lipinski definition) is 0. The smallest absolute Gasteiger partial charge is 0.123 e. The highest BCUT2D eigenvalue weighted by Crippen LogP contribution is 2.24. The number of nitrogens with zero attached hydrogens (tertiary/aromatic N) is 1. The summed E-state index contributed by atoms with van der Waals surface area (Å²) < 4.78 is 0. The summed E-state index contributed by atoms with van der Waals surface area (Å²) in [4.78, 5) is 4.55. The predicted molar refractivity (Wildman–Crippen MR) is 57.8 cm³/mol. The first kappa shape index (κ1) is 8.70. The van der Waals surface area contributed by atoms with Crippen LogP contribution < -0.4 is 0 Å². The lowest BCUT2D eigenvalue weighted by molar-refractivity contribution is 1.03. The third-order valence-corrected chi connectivity index (χ3v) is 3.10. The first-order chi connectivity index (χ1) is 6.40. The van der Waals surface area contributed by atoms with Crippen molar-refractivity contribution in [3.63, 3.8) is 0 Å². The van der Waals surface area contributed by atoms with Gasteiger partial charge in [-0.15, -0.1) is 11.3 Å². The van der Waals surface area contributed by atoms with E-state index in [1.165, 1.54) is 22.7 Å². The molecule has 0 aliphatic heterocycles. The van der Waals surface area contributed by atoms with Crippen molar-refractivity contribution in [2.75, 3.05) is 0 Å². The highest BCUT2D eigenvalue weighted by molar-refractivity contribution is 7.10. The fourth-order valence-corrected chi connectivity index (χ4v) is 2.30. The summed E-state index contributed by atoms with van der Waals surface area (Å²) in [6.07, 6.45) is 10.1. The fourth-order valence-electron chi connectivity index (χ4n) is 1.37. The third-order valence-electron chi connectivity index (χ3n) is 2.16. The molecule has 0 amide bonds. The van der Waals surface area contributed by atoms with E-state index in [0.29, 0.717) is 0 Å². The lowest BCUT2D eigenvalue weighted by Gasteiger charge is -2.02. The van der Waals surface area contributed by atoms with Gasteiger partial charge < -0.3 is 0 Å². The normalized spacial score (nSPS) is 15.9. The quantitative estimate of drug-likeness (QED) is 0.697. The average Bonchev–Trinajstić information content (AvgIpc) is 2.67. The van der Waals surface area contributed by atoms with Crippen molar-refractivity contribution in [1.29, 1.82) is 0 Å². The number of aromatic nitrogens is 1. The van der Waals surface area contributed by atoms with Gasteiger partial charge in [0, 0.05) is 11.0 Å². The number of thiazole rings is 1. The molecule has 0 aromatic carbocycles. The molecule has 1 heterocycles. The van der Waals surface area contributed by atoms with E-state index < -0.39 is 0 Å². The molecule has 2 heteroatoms. The van der Waals surface area contributed by atoms with Crippen LogP contribution in [0.15, 0.2) is 23.6 Å². The van der Waals surface area contributed by atoms with Crippen molar-refractivity contribution in [1.82, 2.24) is 4.98 Å². The van der Waals surface area contributed by atoms with Crippen molar-refractivity contribution >= 4 is 16.9 Å². The van der Waals surface area contributed by atoms with Crippen molar-refractivity contribution in [2.24, 2.45) is 0 Å². The molecule has 0 saturated heterocycles. The topological polar surface area (TPSA) is 12.9 Å². The van der Waals surface area contributed by atoms with Gasteiger partial charge in [-0.05, 0) is 19.3 Å². The van der Waals surface area contributed by atoms with Crippen LogP contribution in [0.5, 0.6) is 0 Å². The van der Waals surface area contributed by atoms with Crippen LogP contribution in [0.2, 0.25) is 0 Å². The lowest BCUT2D eigenvalue weighted by atomic mass is 10.1. The zero-order valence-electron chi connectivity index (χ0n) is 7.79. The second kappa shape index (κ2) is 3.88. The van der Waals surface area contributed by atoms with Crippen molar-refractivity contribution in [3.8, 4) is 0 Å². The molecule has 68 valence electrons. The number of aryl methyl sites for hydroxylation is 1. The molecule has 1 aromatic heterocycles. The van der Waals surface area contributed by atoms with Crippen LogP contribution in [-0.2, 0) is 6.42 Å². The minimum atomic E-state index is 1.04. The Balaban J connectivity index is 2.24. The Morgan fingerprint density at radius 2 is 2.38 bits per heavy atom. The lowest BCUT2D eigenvalue weighted by Crippen LogP contribution is -1.86. The minimum absolute atomic E-state index is 1.04. The highest BCUT2D eigenvalue weighted by Gasteiger charge is 2.05.